The summed E-state index contributed by atoms with van der Waals surface area (Å²) in [6.07, 6.45) is 0.282. The summed E-state index contributed by atoms with van der Waals surface area (Å²) in [5.74, 6) is 0.179. The number of methoxy groups -OCH3 is 2. The van der Waals surface area contributed by atoms with Gasteiger partial charge < -0.3 is 19.1 Å². The van der Waals surface area contributed by atoms with Gasteiger partial charge >= 0.3 is 0 Å². The maximum atomic E-state index is 14.7. The third-order valence-corrected chi connectivity index (χ3v) is 6.71. The molecule has 2 aliphatic rings. The molecular weight excluding hydrogens is 479 g/mol. The quantitative estimate of drug-likeness (QED) is 0.514. The van der Waals surface area contributed by atoms with Gasteiger partial charge in [-0.3, -0.25) is 14.5 Å². The number of hydrogen-bond donors (Lipinski definition) is 0. The van der Waals surface area contributed by atoms with Crippen LogP contribution >= 0.6 is 0 Å². The molecule has 0 spiro atoms. The van der Waals surface area contributed by atoms with Crippen molar-refractivity contribution in [2.24, 2.45) is 5.10 Å². The van der Waals surface area contributed by atoms with Crippen molar-refractivity contribution in [3.05, 3.63) is 59.4 Å². The van der Waals surface area contributed by atoms with Crippen LogP contribution in [-0.2, 0) is 14.3 Å². The molecule has 1 saturated heterocycles. The molecule has 10 heteroatoms. The Balaban J connectivity index is 1.61. The van der Waals surface area contributed by atoms with Gasteiger partial charge in [-0.05, 0) is 24.3 Å². The second-order valence-electron chi connectivity index (χ2n) is 8.99. The summed E-state index contributed by atoms with van der Waals surface area (Å²) < 4.78 is 31.0. The van der Waals surface area contributed by atoms with Crippen molar-refractivity contribution in [3.8, 4) is 11.5 Å². The lowest BCUT2D eigenvalue weighted by atomic mass is 9.97. The first-order valence-electron chi connectivity index (χ1n) is 12.3. The molecule has 0 bridgehead atoms. The number of amides is 2. The highest BCUT2D eigenvalue weighted by Gasteiger charge is 2.36. The summed E-state index contributed by atoms with van der Waals surface area (Å²) in [5, 5.41) is 5.92. The Morgan fingerprint density at radius 3 is 2.57 bits per heavy atom. The van der Waals surface area contributed by atoms with Crippen molar-refractivity contribution in [3.63, 3.8) is 0 Å². The lowest BCUT2D eigenvalue weighted by Gasteiger charge is -2.30. The largest absolute Gasteiger partial charge is 0.497 e. The summed E-state index contributed by atoms with van der Waals surface area (Å²) in [5.41, 5.74) is 1.47. The van der Waals surface area contributed by atoms with Gasteiger partial charge in [0.25, 0.3) is 5.91 Å². The summed E-state index contributed by atoms with van der Waals surface area (Å²) >= 11 is 0. The predicted molar refractivity (Wildman–Crippen MR) is 136 cm³/mol. The number of hydrazone groups is 1. The normalized spacial score (nSPS) is 17.9. The molecule has 1 atom stereocenters. The highest BCUT2D eigenvalue weighted by molar-refractivity contribution is 6.03. The Morgan fingerprint density at radius 1 is 1.14 bits per heavy atom. The van der Waals surface area contributed by atoms with Gasteiger partial charge in [0.05, 0.1) is 39.2 Å². The van der Waals surface area contributed by atoms with Crippen LogP contribution in [0.3, 0.4) is 0 Å². The molecule has 0 radical (unpaired) electrons. The van der Waals surface area contributed by atoms with E-state index < -0.39 is 11.9 Å². The van der Waals surface area contributed by atoms with E-state index in [-0.39, 0.29) is 24.8 Å². The van der Waals surface area contributed by atoms with Crippen LogP contribution in [0, 0.1) is 5.82 Å². The Kier molecular flexibility index (Phi) is 8.73. The molecule has 0 aromatic heterocycles. The summed E-state index contributed by atoms with van der Waals surface area (Å²) in [4.78, 5) is 29.8. The van der Waals surface area contributed by atoms with Gasteiger partial charge in [-0.1, -0.05) is 18.2 Å². The number of carbonyl (C=O) groups excluding carboxylic acids is 2. The van der Waals surface area contributed by atoms with E-state index in [1.54, 1.807) is 50.6 Å². The van der Waals surface area contributed by atoms with Crippen molar-refractivity contribution in [1.29, 1.82) is 0 Å². The van der Waals surface area contributed by atoms with Crippen molar-refractivity contribution >= 4 is 17.5 Å². The lowest BCUT2D eigenvalue weighted by Crippen LogP contribution is -2.46. The van der Waals surface area contributed by atoms with E-state index in [1.807, 2.05) is 0 Å². The van der Waals surface area contributed by atoms with Gasteiger partial charge in [0.15, 0.2) is 0 Å². The zero-order valence-electron chi connectivity index (χ0n) is 21.5. The summed E-state index contributed by atoms with van der Waals surface area (Å²) in [7, 11) is 3.11. The maximum Gasteiger partial charge on any atom is 0.262 e. The Hall–Kier alpha value is -3.50. The highest BCUT2D eigenvalue weighted by atomic mass is 19.1. The van der Waals surface area contributed by atoms with Gasteiger partial charge in [0.2, 0.25) is 5.91 Å². The van der Waals surface area contributed by atoms with E-state index in [4.69, 9.17) is 14.2 Å². The summed E-state index contributed by atoms with van der Waals surface area (Å²) in [6.45, 7) is 5.26. The second-order valence-corrected chi connectivity index (χ2v) is 8.99. The molecule has 0 N–H and O–H groups in total. The highest BCUT2D eigenvalue weighted by Crippen LogP contribution is 2.39. The molecule has 2 heterocycles. The number of nitrogens with zero attached hydrogens (tertiary/aromatic N) is 4. The van der Waals surface area contributed by atoms with E-state index in [0.29, 0.717) is 54.6 Å². The van der Waals surface area contributed by atoms with Crippen LogP contribution in [0.2, 0.25) is 0 Å². The van der Waals surface area contributed by atoms with Crippen molar-refractivity contribution < 1.29 is 28.2 Å². The van der Waals surface area contributed by atoms with Gasteiger partial charge in [-0.25, -0.2) is 9.40 Å². The Morgan fingerprint density at radius 2 is 1.89 bits per heavy atom. The molecular formula is C27H33FN4O5. The number of rotatable bonds is 9. The third kappa shape index (κ3) is 6.26. The molecule has 0 saturated carbocycles. The average Bonchev–Trinajstić information content (AvgIpc) is 3.36. The Bertz CT molecular complexity index is 1150. The molecule has 9 nitrogen and oxygen atoms in total. The Labute approximate surface area is 216 Å². The van der Waals surface area contributed by atoms with E-state index in [0.717, 1.165) is 13.1 Å². The molecule has 0 aliphatic carbocycles. The number of benzene rings is 2. The summed E-state index contributed by atoms with van der Waals surface area (Å²) in [6, 6.07) is 11.1. The zero-order valence-corrected chi connectivity index (χ0v) is 21.5. The number of carbonyl (C=O) groups is 2. The minimum atomic E-state index is -0.555. The fourth-order valence-corrected chi connectivity index (χ4v) is 4.61. The minimum absolute atomic E-state index is 0.142. The molecule has 2 aliphatic heterocycles. The zero-order chi connectivity index (χ0) is 26.4. The molecule has 198 valence electrons. The van der Waals surface area contributed by atoms with E-state index in [9.17, 15) is 14.0 Å². The number of morpholine rings is 1. The second kappa shape index (κ2) is 12.2. The molecule has 0 unspecified atom stereocenters. The van der Waals surface area contributed by atoms with Crippen LogP contribution < -0.4 is 9.47 Å². The standard InChI is InChI=1S/C27H33FN4O5/c1-19(33)31(11-10-30-12-14-37-15-13-30)18-27(34)32-25(22-16-20(35-2)8-9-26(22)36-3)17-24(29-32)21-6-4-5-7-23(21)28/h4-9,16,25H,10-15,17-18H2,1-3H3/t25-/m0/s1. The third-order valence-electron chi connectivity index (χ3n) is 6.71. The van der Waals surface area contributed by atoms with Gasteiger partial charge in [0.1, 0.15) is 23.9 Å². The van der Waals surface area contributed by atoms with Crippen molar-refractivity contribution in [2.75, 3.05) is 60.2 Å². The predicted octanol–water partition coefficient (Wildman–Crippen LogP) is 2.70. The van der Waals surface area contributed by atoms with E-state index in [1.165, 1.54) is 22.9 Å². The molecule has 2 aromatic carbocycles. The van der Waals surface area contributed by atoms with Crippen LogP contribution in [0.5, 0.6) is 11.5 Å². The SMILES string of the molecule is COc1ccc(OC)c([C@@H]2CC(c3ccccc3F)=NN2C(=O)CN(CCN2CCOCC2)C(C)=O)c1. The number of ether oxygens (including phenoxy) is 3. The van der Waals surface area contributed by atoms with Crippen LogP contribution in [-0.4, -0.2) is 92.5 Å². The number of halogens is 1. The first-order valence-corrected chi connectivity index (χ1v) is 12.3. The van der Waals surface area contributed by atoms with Gasteiger partial charge in [-0.15, -0.1) is 0 Å². The van der Waals surface area contributed by atoms with E-state index >= 15 is 0 Å². The monoisotopic (exact) mass is 512 g/mol. The molecule has 2 amide bonds. The lowest BCUT2D eigenvalue weighted by molar-refractivity contribution is -0.140. The van der Waals surface area contributed by atoms with Crippen molar-refractivity contribution in [1.82, 2.24) is 14.8 Å². The first kappa shape index (κ1) is 26.6. The fourth-order valence-electron chi connectivity index (χ4n) is 4.61. The van der Waals surface area contributed by atoms with Crippen LogP contribution in [0.15, 0.2) is 47.6 Å². The van der Waals surface area contributed by atoms with Crippen LogP contribution in [0.1, 0.15) is 30.5 Å². The first-order chi connectivity index (χ1) is 17.9. The smallest absolute Gasteiger partial charge is 0.262 e. The minimum Gasteiger partial charge on any atom is -0.497 e. The average molecular weight is 513 g/mol. The van der Waals surface area contributed by atoms with Gasteiger partial charge in [-0.2, -0.15) is 5.10 Å². The van der Waals surface area contributed by atoms with Crippen LogP contribution in [0.25, 0.3) is 0 Å². The topological polar surface area (TPSA) is 83.9 Å². The van der Waals surface area contributed by atoms with E-state index in [2.05, 4.69) is 10.0 Å². The van der Waals surface area contributed by atoms with Crippen molar-refractivity contribution in [2.45, 2.75) is 19.4 Å². The fraction of sp³-hybridized carbons (Fsp3) is 0.444. The maximum absolute atomic E-state index is 14.7. The molecule has 1 fully saturated rings. The molecule has 2 aromatic rings. The van der Waals surface area contributed by atoms with Gasteiger partial charge in [0, 0.05) is 50.7 Å². The number of hydrogen-bond acceptors (Lipinski definition) is 7. The molecule has 37 heavy (non-hydrogen) atoms. The van der Waals surface area contributed by atoms with Crippen LogP contribution in [0.4, 0.5) is 4.39 Å². The molecule has 4 rings (SSSR count).